The molecule has 20 heavy (non-hydrogen) atoms. The zero-order valence-electron chi connectivity index (χ0n) is 11.1. The molecule has 0 aliphatic heterocycles. The van der Waals surface area contributed by atoms with Crippen LogP contribution in [0.15, 0.2) is 36.4 Å². The minimum atomic E-state index is -0.439. The summed E-state index contributed by atoms with van der Waals surface area (Å²) in [6, 6.07) is 9.81. The quantitative estimate of drug-likeness (QED) is 0.908. The van der Waals surface area contributed by atoms with Crippen molar-refractivity contribution in [2.75, 3.05) is 12.4 Å². The number of nitrogens with one attached hydrogen (secondary N) is 1. The molecular formula is C15H14ClNO3. The van der Waals surface area contributed by atoms with Crippen LogP contribution in [0.1, 0.15) is 15.9 Å². The van der Waals surface area contributed by atoms with E-state index in [2.05, 4.69) is 5.32 Å². The first-order chi connectivity index (χ1) is 9.52. The zero-order valence-corrected chi connectivity index (χ0v) is 11.9. The Morgan fingerprint density at radius 3 is 2.70 bits per heavy atom. The van der Waals surface area contributed by atoms with E-state index in [4.69, 9.17) is 16.3 Å². The Kier molecular flexibility index (Phi) is 4.15. The number of hydrogen-bond donors (Lipinski definition) is 2. The van der Waals surface area contributed by atoms with Gasteiger partial charge in [0.05, 0.1) is 7.11 Å². The molecule has 2 aromatic carbocycles. The van der Waals surface area contributed by atoms with E-state index in [0.29, 0.717) is 16.5 Å². The second-order valence-electron chi connectivity index (χ2n) is 4.27. The highest BCUT2D eigenvalue weighted by Crippen LogP contribution is 2.29. The van der Waals surface area contributed by atoms with Gasteiger partial charge in [0, 0.05) is 10.7 Å². The number of rotatable bonds is 3. The van der Waals surface area contributed by atoms with Gasteiger partial charge in [0.1, 0.15) is 17.1 Å². The molecule has 0 saturated carbocycles. The highest BCUT2D eigenvalue weighted by Gasteiger charge is 2.17. The van der Waals surface area contributed by atoms with Crippen LogP contribution in [0.4, 0.5) is 5.69 Å². The highest BCUT2D eigenvalue weighted by atomic mass is 35.5. The van der Waals surface area contributed by atoms with E-state index in [9.17, 15) is 9.90 Å². The van der Waals surface area contributed by atoms with Gasteiger partial charge in [-0.15, -0.1) is 0 Å². The molecule has 0 fully saturated rings. The Morgan fingerprint density at radius 2 is 2.05 bits per heavy atom. The molecule has 104 valence electrons. The number of amides is 1. The third-order valence-corrected chi connectivity index (χ3v) is 3.12. The van der Waals surface area contributed by atoms with E-state index in [0.717, 1.165) is 5.56 Å². The van der Waals surface area contributed by atoms with Gasteiger partial charge in [0.15, 0.2) is 0 Å². The molecular weight excluding hydrogens is 278 g/mol. The van der Waals surface area contributed by atoms with Crippen LogP contribution in [0, 0.1) is 6.92 Å². The molecule has 0 aliphatic carbocycles. The number of benzene rings is 2. The molecule has 0 bridgehead atoms. The molecule has 1 amide bonds. The minimum absolute atomic E-state index is 0.101. The van der Waals surface area contributed by atoms with Crippen molar-refractivity contribution >= 4 is 23.2 Å². The number of halogens is 1. The Morgan fingerprint density at radius 1 is 1.30 bits per heavy atom. The number of ether oxygens (including phenoxy) is 1. The maximum Gasteiger partial charge on any atom is 0.263 e. The first kappa shape index (κ1) is 14.2. The van der Waals surface area contributed by atoms with Crippen molar-refractivity contribution in [2.45, 2.75) is 6.92 Å². The summed E-state index contributed by atoms with van der Waals surface area (Å²) < 4.78 is 5.09. The maximum atomic E-state index is 12.3. The summed E-state index contributed by atoms with van der Waals surface area (Å²) in [5.74, 6) is -0.257. The zero-order chi connectivity index (χ0) is 14.7. The van der Waals surface area contributed by atoms with Crippen molar-refractivity contribution < 1.29 is 14.6 Å². The van der Waals surface area contributed by atoms with Crippen LogP contribution in [0.25, 0.3) is 0 Å². The summed E-state index contributed by atoms with van der Waals surface area (Å²) in [5, 5.41) is 13.2. The third-order valence-electron chi connectivity index (χ3n) is 2.89. The number of hydrogen-bond acceptors (Lipinski definition) is 3. The predicted octanol–water partition coefficient (Wildman–Crippen LogP) is 3.61. The Hall–Kier alpha value is -2.20. The van der Waals surface area contributed by atoms with Crippen molar-refractivity contribution in [3.63, 3.8) is 0 Å². The Balaban J connectivity index is 2.33. The van der Waals surface area contributed by atoms with Gasteiger partial charge in [-0.25, -0.2) is 0 Å². The fourth-order valence-electron chi connectivity index (χ4n) is 1.87. The van der Waals surface area contributed by atoms with Gasteiger partial charge < -0.3 is 15.2 Å². The van der Waals surface area contributed by atoms with Gasteiger partial charge in [-0.3, -0.25) is 4.79 Å². The number of phenols is 1. The van der Waals surface area contributed by atoms with Crippen LogP contribution in [-0.2, 0) is 0 Å². The maximum absolute atomic E-state index is 12.3. The first-order valence-electron chi connectivity index (χ1n) is 5.96. The molecule has 0 radical (unpaired) electrons. The van der Waals surface area contributed by atoms with Gasteiger partial charge in [0.2, 0.25) is 0 Å². The lowest BCUT2D eigenvalue weighted by atomic mass is 10.1. The predicted molar refractivity (Wildman–Crippen MR) is 78.8 cm³/mol. The van der Waals surface area contributed by atoms with Gasteiger partial charge in [-0.05, 0) is 42.8 Å². The molecule has 0 saturated heterocycles. The molecule has 0 aromatic heterocycles. The van der Waals surface area contributed by atoms with Crippen LogP contribution >= 0.6 is 11.6 Å². The van der Waals surface area contributed by atoms with E-state index in [1.165, 1.54) is 13.2 Å². The van der Waals surface area contributed by atoms with Crippen LogP contribution in [-0.4, -0.2) is 18.1 Å². The van der Waals surface area contributed by atoms with Crippen LogP contribution in [0.3, 0.4) is 0 Å². The van der Waals surface area contributed by atoms with Crippen LogP contribution < -0.4 is 10.1 Å². The summed E-state index contributed by atoms with van der Waals surface area (Å²) in [6.07, 6.45) is 0. The molecule has 0 atom stereocenters. The summed E-state index contributed by atoms with van der Waals surface area (Å²) in [6.45, 7) is 1.84. The smallest absolute Gasteiger partial charge is 0.263 e. The van der Waals surface area contributed by atoms with E-state index in [1.807, 2.05) is 6.92 Å². The minimum Gasteiger partial charge on any atom is -0.507 e. The molecule has 2 rings (SSSR count). The summed E-state index contributed by atoms with van der Waals surface area (Å²) in [5.41, 5.74) is 1.56. The van der Waals surface area contributed by atoms with E-state index < -0.39 is 5.91 Å². The number of carbonyl (C=O) groups is 1. The first-order valence-corrected chi connectivity index (χ1v) is 6.34. The number of anilines is 1. The van der Waals surface area contributed by atoms with E-state index in [1.54, 1.807) is 30.3 Å². The van der Waals surface area contributed by atoms with Gasteiger partial charge in [-0.1, -0.05) is 17.7 Å². The fraction of sp³-hybridized carbons (Fsp3) is 0.133. The topological polar surface area (TPSA) is 58.6 Å². The lowest BCUT2D eigenvalue weighted by molar-refractivity contribution is 0.102. The average molecular weight is 292 g/mol. The van der Waals surface area contributed by atoms with Crippen LogP contribution in [0.2, 0.25) is 5.02 Å². The van der Waals surface area contributed by atoms with Gasteiger partial charge in [0.25, 0.3) is 5.91 Å². The molecule has 5 heteroatoms. The SMILES string of the molecule is COc1cccc(O)c1C(=O)Nc1ccc(Cl)cc1C. The van der Waals surface area contributed by atoms with Crippen molar-refractivity contribution in [3.8, 4) is 11.5 Å². The number of aromatic hydroxyl groups is 1. The largest absolute Gasteiger partial charge is 0.507 e. The van der Waals surface area contributed by atoms with E-state index >= 15 is 0 Å². The average Bonchev–Trinajstić information content (AvgIpc) is 2.41. The number of methoxy groups -OCH3 is 1. The third kappa shape index (κ3) is 2.86. The normalized spacial score (nSPS) is 10.2. The monoisotopic (exact) mass is 291 g/mol. The highest BCUT2D eigenvalue weighted by molar-refractivity contribution is 6.30. The number of aryl methyl sites for hydroxylation is 1. The van der Waals surface area contributed by atoms with Crippen LogP contribution in [0.5, 0.6) is 11.5 Å². The number of phenolic OH excluding ortho intramolecular Hbond substituents is 1. The standard InChI is InChI=1S/C15H14ClNO3/c1-9-8-10(16)6-7-11(9)17-15(19)14-12(18)4-3-5-13(14)20-2/h3-8,18H,1-2H3,(H,17,19). The summed E-state index contributed by atoms with van der Waals surface area (Å²) in [4.78, 5) is 12.3. The van der Waals surface area contributed by atoms with Crippen molar-refractivity contribution in [2.24, 2.45) is 0 Å². The van der Waals surface area contributed by atoms with E-state index in [-0.39, 0.29) is 11.3 Å². The van der Waals surface area contributed by atoms with Gasteiger partial charge >= 0.3 is 0 Å². The Labute approximate surface area is 122 Å². The lowest BCUT2D eigenvalue weighted by Gasteiger charge is -2.12. The fourth-order valence-corrected chi connectivity index (χ4v) is 2.10. The summed E-state index contributed by atoms with van der Waals surface area (Å²) >= 11 is 5.87. The number of carbonyl (C=O) groups excluding carboxylic acids is 1. The molecule has 0 aliphatic rings. The van der Waals surface area contributed by atoms with Crippen molar-refractivity contribution in [1.82, 2.24) is 0 Å². The van der Waals surface area contributed by atoms with Crippen molar-refractivity contribution in [1.29, 1.82) is 0 Å². The van der Waals surface area contributed by atoms with Crippen molar-refractivity contribution in [3.05, 3.63) is 52.5 Å². The summed E-state index contributed by atoms with van der Waals surface area (Å²) in [7, 11) is 1.44. The second-order valence-corrected chi connectivity index (χ2v) is 4.70. The molecule has 2 aromatic rings. The second kappa shape index (κ2) is 5.84. The molecule has 4 nitrogen and oxygen atoms in total. The molecule has 0 unspecified atom stereocenters. The lowest BCUT2D eigenvalue weighted by Crippen LogP contribution is -2.14. The molecule has 2 N–H and O–H groups in total. The molecule has 0 spiro atoms. The molecule has 0 heterocycles. The Bertz CT molecular complexity index is 656. The van der Waals surface area contributed by atoms with Gasteiger partial charge in [-0.2, -0.15) is 0 Å².